The Labute approximate surface area is 181 Å². The summed E-state index contributed by atoms with van der Waals surface area (Å²) in [6.45, 7) is 3.00. The summed E-state index contributed by atoms with van der Waals surface area (Å²) in [6.07, 6.45) is 8.03. The molecule has 6 heteroatoms. The molecule has 0 saturated carbocycles. The number of ether oxygens (including phenoxy) is 2. The van der Waals surface area contributed by atoms with Gasteiger partial charge in [-0.05, 0) is 41.7 Å². The second kappa shape index (κ2) is 9.31. The highest BCUT2D eigenvalue weighted by molar-refractivity contribution is 5.92. The summed E-state index contributed by atoms with van der Waals surface area (Å²) in [5.41, 5.74) is 5.07. The lowest BCUT2D eigenvalue weighted by Crippen LogP contribution is -2.26. The Bertz CT molecular complexity index is 1010. The normalized spacial score (nSPS) is 22.6. The van der Waals surface area contributed by atoms with E-state index >= 15 is 0 Å². The summed E-state index contributed by atoms with van der Waals surface area (Å²) < 4.78 is 11.1. The van der Waals surface area contributed by atoms with Crippen molar-refractivity contribution in [3.05, 3.63) is 101 Å². The highest BCUT2D eigenvalue weighted by Crippen LogP contribution is 2.35. The molecule has 0 aromatic heterocycles. The monoisotopic (exact) mass is 418 g/mol. The molecule has 2 aromatic rings. The molecular formula is C25H26N2O4. The lowest BCUT2D eigenvalue weighted by molar-refractivity contribution is -0.115. The van der Waals surface area contributed by atoms with E-state index in [1.54, 1.807) is 6.08 Å². The Morgan fingerprint density at radius 1 is 1.23 bits per heavy atom. The van der Waals surface area contributed by atoms with E-state index in [2.05, 4.69) is 23.8 Å². The molecule has 2 atom stereocenters. The van der Waals surface area contributed by atoms with Gasteiger partial charge < -0.3 is 20.0 Å². The summed E-state index contributed by atoms with van der Waals surface area (Å²) in [5.74, 6) is 0.789. The summed E-state index contributed by atoms with van der Waals surface area (Å²) in [7, 11) is 0. The van der Waals surface area contributed by atoms with Crippen LogP contribution < -0.4 is 10.8 Å². The van der Waals surface area contributed by atoms with E-state index in [4.69, 9.17) is 9.47 Å². The van der Waals surface area contributed by atoms with Gasteiger partial charge in [0.25, 0.3) is 0 Å². The topological polar surface area (TPSA) is 83.1 Å². The smallest absolute Gasteiger partial charge is 0.248 e. The molecule has 3 N–H and O–H groups in total. The fourth-order valence-electron chi connectivity index (χ4n) is 3.36. The quantitative estimate of drug-likeness (QED) is 0.343. The standard InChI is InChI=1S/C25H26N2O4/c1-18-7-13-22(30-16-20-5-3-2-4-6-20)15-23(18)26-24(28)14-10-19-8-11-21(12-9-19)25(27-29)17-31-25/h2-6,8-15,18,27,29H,7,16-17H2,1H3,(H,26,28)/b14-10+. The van der Waals surface area contributed by atoms with E-state index < -0.39 is 5.72 Å². The van der Waals surface area contributed by atoms with Gasteiger partial charge in [-0.2, -0.15) is 5.48 Å². The zero-order valence-corrected chi connectivity index (χ0v) is 17.4. The molecule has 1 aliphatic carbocycles. The number of hydrogen-bond donors (Lipinski definition) is 3. The third-order valence-electron chi connectivity index (χ3n) is 5.43. The van der Waals surface area contributed by atoms with E-state index in [-0.39, 0.29) is 11.8 Å². The van der Waals surface area contributed by atoms with Crippen LogP contribution in [0.2, 0.25) is 0 Å². The zero-order valence-electron chi connectivity index (χ0n) is 17.4. The van der Waals surface area contributed by atoms with Gasteiger partial charge in [0.15, 0.2) is 5.72 Å². The molecule has 2 unspecified atom stereocenters. The molecule has 1 saturated heterocycles. The molecule has 1 amide bonds. The zero-order chi connectivity index (χ0) is 21.7. The predicted octanol–water partition coefficient (Wildman–Crippen LogP) is 4.00. The van der Waals surface area contributed by atoms with Gasteiger partial charge in [0.2, 0.25) is 5.91 Å². The maximum atomic E-state index is 12.4. The van der Waals surface area contributed by atoms with Gasteiger partial charge in [-0.3, -0.25) is 4.79 Å². The lowest BCUT2D eigenvalue weighted by Gasteiger charge is -2.21. The Balaban J connectivity index is 1.33. The first-order valence-electron chi connectivity index (χ1n) is 10.3. The number of rotatable bonds is 8. The van der Waals surface area contributed by atoms with Crippen LogP contribution in [-0.4, -0.2) is 17.7 Å². The molecule has 6 nitrogen and oxygen atoms in total. The van der Waals surface area contributed by atoms with E-state index in [1.807, 2.05) is 60.7 Å². The van der Waals surface area contributed by atoms with Crippen molar-refractivity contribution in [3.63, 3.8) is 0 Å². The summed E-state index contributed by atoms with van der Waals surface area (Å²) in [6, 6.07) is 17.5. The fraction of sp³-hybridized carbons (Fsp3) is 0.240. The number of hydrogen-bond acceptors (Lipinski definition) is 5. The van der Waals surface area contributed by atoms with Crippen LogP contribution in [0.1, 0.15) is 30.0 Å². The molecule has 31 heavy (non-hydrogen) atoms. The number of allylic oxidation sites excluding steroid dienone is 3. The average molecular weight is 418 g/mol. The van der Waals surface area contributed by atoms with Crippen LogP contribution in [0, 0.1) is 5.92 Å². The van der Waals surface area contributed by atoms with E-state index in [0.29, 0.717) is 13.2 Å². The van der Waals surface area contributed by atoms with Gasteiger partial charge in [0.1, 0.15) is 12.4 Å². The van der Waals surface area contributed by atoms with Gasteiger partial charge in [0.05, 0.1) is 6.61 Å². The molecule has 1 aliphatic heterocycles. The van der Waals surface area contributed by atoms with Crippen LogP contribution in [0.25, 0.3) is 6.08 Å². The van der Waals surface area contributed by atoms with E-state index in [9.17, 15) is 10.0 Å². The van der Waals surface area contributed by atoms with Gasteiger partial charge in [-0.25, -0.2) is 0 Å². The Morgan fingerprint density at radius 2 is 1.97 bits per heavy atom. The molecule has 1 fully saturated rings. The molecule has 2 aromatic carbocycles. The van der Waals surface area contributed by atoms with Gasteiger partial charge >= 0.3 is 0 Å². The third kappa shape index (κ3) is 5.30. The minimum atomic E-state index is -0.781. The van der Waals surface area contributed by atoms with Gasteiger partial charge in [-0.1, -0.05) is 61.5 Å². The summed E-state index contributed by atoms with van der Waals surface area (Å²) in [5, 5.41) is 12.2. The van der Waals surface area contributed by atoms with E-state index in [0.717, 1.165) is 34.6 Å². The van der Waals surface area contributed by atoms with E-state index in [1.165, 1.54) is 6.08 Å². The second-order valence-electron chi connectivity index (χ2n) is 7.79. The second-order valence-corrected chi connectivity index (χ2v) is 7.79. The van der Waals surface area contributed by atoms with Crippen molar-refractivity contribution < 1.29 is 19.5 Å². The molecule has 0 spiro atoms. The molecule has 160 valence electrons. The maximum Gasteiger partial charge on any atom is 0.248 e. The first-order valence-corrected chi connectivity index (χ1v) is 10.3. The minimum Gasteiger partial charge on any atom is -0.489 e. The number of amides is 1. The first kappa shape index (κ1) is 21.1. The van der Waals surface area contributed by atoms with Crippen LogP contribution in [0.5, 0.6) is 0 Å². The summed E-state index contributed by atoms with van der Waals surface area (Å²) >= 11 is 0. The summed E-state index contributed by atoms with van der Waals surface area (Å²) in [4.78, 5) is 12.4. The SMILES string of the molecule is CC1CC=C(OCc2ccccc2)C=C1NC(=O)/C=C/c1ccc(C2(NO)CO2)cc1. The molecule has 0 radical (unpaired) electrons. The number of carbonyl (C=O) groups excluding carboxylic acids is 1. The highest BCUT2D eigenvalue weighted by Gasteiger charge is 2.46. The van der Waals surface area contributed by atoms with Gasteiger partial charge in [-0.15, -0.1) is 0 Å². The number of epoxide rings is 1. The van der Waals surface area contributed by atoms with Crippen LogP contribution >= 0.6 is 0 Å². The van der Waals surface area contributed by atoms with Crippen molar-refractivity contribution in [2.45, 2.75) is 25.7 Å². The molecule has 4 rings (SSSR count). The van der Waals surface area contributed by atoms with Crippen molar-refractivity contribution in [2.24, 2.45) is 5.92 Å². The van der Waals surface area contributed by atoms with Crippen molar-refractivity contribution in [3.8, 4) is 0 Å². The largest absolute Gasteiger partial charge is 0.489 e. The van der Waals surface area contributed by atoms with Crippen molar-refractivity contribution in [1.82, 2.24) is 10.8 Å². The predicted molar refractivity (Wildman–Crippen MR) is 117 cm³/mol. The van der Waals surface area contributed by atoms with Gasteiger partial charge in [0, 0.05) is 17.3 Å². The fourth-order valence-corrected chi connectivity index (χ4v) is 3.36. The number of benzene rings is 2. The third-order valence-corrected chi connectivity index (χ3v) is 5.43. The number of nitrogens with one attached hydrogen (secondary N) is 2. The van der Waals surface area contributed by atoms with Crippen molar-refractivity contribution in [1.29, 1.82) is 0 Å². The van der Waals surface area contributed by atoms with Crippen LogP contribution in [0.15, 0.2) is 84.3 Å². The average Bonchev–Trinajstić information content (AvgIpc) is 3.61. The van der Waals surface area contributed by atoms with Crippen LogP contribution in [-0.2, 0) is 26.6 Å². The van der Waals surface area contributed by atoms with Crippen LogP contribution in [0.4, 0.5) is 0 Å². The molecular weight excluding hydrogens is 392 g/mol. The molecule has 2 aliphatic rings. The van der Waals surface area contributed by atoms with Crippen molar-refractivity contribution in [2.75, 3.05) is 6.61 Å². The molecule has 0 bridgehead atoms. The highest BCUT2D eigenvalue weighted by atomic mass is 16.7. The minimum absolute atomic E-state index is 0.189. The number of hydroxylamine groups is 1. The van der Waals surface area contributed by atoms with Crippen molar-refractivity contribution >= 4 is 12.0 Å². The Morgan fingerprint density at radius 3 is 2.65 bits per heavy atom. The maximum absolute atomic E-state index is 12.4. The molecule has 1 heterocycles. The Kier molecular flexibility index (Phi) is 6.32. The Hall–Kier alpha value is -3.19. The lowest BCUT2D eigenvalue weighted by atomic mass is 9.98. The number of carbonyl (C=O) groups is 1. The first-order chi connectivity index (χ1) is 15.1. The van der Waals surface area contributed by atoms with Crippen LogP contribution in [0.3, 0.4) is 0 Å².